The molecule has 2 aliphatic heterocycles. The molecule has 2 fully saturated rings. The van der Waals surface area contributed by atoms with Gasteiger partial charge >= 0.3 is 0 Å². The summed E-state index contributed by atoms with van der Waals surface area (Å²) in [6.45, 7) is 4.29. The second kappa shape index (κ2) is 12.8. The van der Waals surface area contributed by atoms with E-state index >= 15 is 0 Å². The number of unbranched alkanes of at least 4 members (excludes halogenated alkanes) is 2. The molecule has 0 amide bonds. The van der Waals surface area contributed by atoms with Crippen molar-refractivity contribution in [2.24, 2.45) is 0 Å². The molecule has 2 aromatic rings. The molecule has 6 nitrogen and oxygen atoms in total. The van der Waals surface area contributed by atoms with Gasteiger partial charge < -0.3 is 28.4 Å². The van der Waals surface area contributed by atoms with Crippen molar-refractivity contribution in [1.29, 1.82) is 0 Å². The van der Waals surface area contributed by atoms with E-state index in [9.17, 15) is 0 Å². The molecule has 174 valence electrons. The van der Waals surface area contributed by atoms with Gasteiger partial charge in [0.25, 0.3) is 0 Å². The summed E-state index contributed by atoms with van der Waals surface area (Å²) < 4.78 is 33.5. The summed E-state index contributed by atoms with van der Waals surface area (Å²) in [5.74, 6) is 1.80. The van der Waals surface area contributed by atoms with Crippen molar-refractivity contribution in [3.8, 4) is 22.6 Å². The fourth-order valence-corrected chi connectivity index (χ4v) is 3.84. The maximum atomic E-state index is 5.86. The lowest BCUT2D eigenvalue weighted by Gasteiger charge is -2.11. The first kappa shape index (κ1) is 23.1. The molecular formula is C26H34O6. The zero-order chi connectivity index (χ0) is 21.8. The maximum absolute atomic E-state index is 5.86. The first-order chi connectivity index (χ1) is 15.9. The highest BCUT2D eigenvalue weighted by molar-refractivity contribution is 5.64. The third-order valence-electron chi connectivity index (χ3n) is 5.63. The highest BCUT2D eigenvalue weighted by Crippen LogP contribution is 2.25. The molecule has 0 bridgehead atoms. The smallest absolute Gasteiger partial charge is 0.157 e. The van der Waals surface area contributed by atoms with Gasteiger partial charge in [0, 0.05) is 0 Å². The Kier molecular flexibility index (Phi) is 9.22. The third kappa shape index (κ3) is 7.48. The highest BCUT2D eigenvalue weighted by Gasteiger charge is 2.15. The van der Waals surface area contributed by atoms with E-state index in [-0.39, 0.29) is 12.6 Å². The van der Waals surface area contributed by atoms with Gasteiger partial charge in [-0.2, -0.15) is 0 Å². The standard InChI is InChI=1S/C26H34O6/c1(5-25-29-17-18-30-25)3-15-27-23-11-7-21(8-12-23)22-9-13-24(14-10-22)28-16-4-2-6-26-31-19-20-32-26/h7-14,25-26H,1-6,15-20H2. The van der Waals surface area contributed by atoms with Crippen LogP contribution in [0.2, 0.25) is 0 Å². The Morgan fingerprint density at radius 1 is 0.531 bits per heavy atom. The molecule has 0 saturated carbocycles. The molecule has 0 spiro atoms. The molecule has 0 unspecified atom stereocenters. The molecule has 6 heteroatoms. The summed E-state index contributed by atoms with van der Waals surface area (Å²) in [6, 6.07) is 16.5. The molecule has 32 heavy (non-hydrogen) atoms. The van der Waals surface area contributed by atoms with Gasteiger partial charge in [-0.3, -0.25) is 0 Å². The molecule has 2 heterocycles. The molecule has 0 aromatic heterocycles. The van der Waals surface area contributed by atoms with E-state index in [0.29, 0.717) is 13.2 Å². The summed E-state index contributed by atoms with van der Waals surface area (Å²) in [5.41, 5.74) is 2.33. The Bertz CT molecular complexity index is 696. The summed E-state index contributed by atoms with van der Waals surface area (Å²) in [6.07, 6.45) is 5.92. The molecular weight excluding hydrogens is 408 g/mol. The number of rotatable bonds is 13. The van der Waals surface area contributed by atoms with Crippen LogP contribution in [0.3, 0.4) is 0 Å². The SMILES string of the molecule is c1cc(-c2ccc(OCCCCC3OCCO3)cc2)ccc1OCCCCC1OCCO1. The van der Waals surface area contributed by atoms with E-state index in [4.69, 9.17) is 28.4 Å². The van der Waals surface area contributed by atoms with E-state index in [1.807, 2.05) is 24.3 Å². The van der Waals surface area contributed by atoms with Crippen molar-refractivity contribution in [2.75, 3.05) is 39.6 Å². The highest BCUT2D eigenvalue weighted by atomic mass is 16.7. The molecule has 2 aromatic carbocycles. The molecule has 4 rings (SSSR count). The Labute approximate surface area is 190 Å². The van der Waals surface area contributed by atoms with E-state index in [0.717, 1.165) is 87.6 Å². The van der Waals surface area contributed by atoms with Crippen molar-refractivity contribution < 1.29 is 28.4 Å². The molecule has 0 atom stereocenters. The quantitative estimate of drug-likeness (QED) is 0.398. The predicted octanol–water partition coefficient (Wildman–Crippen LogP) is 5.20. The average Bonchev–Trinajstić information content (AvgIpc) is 3.54. The van der Waals surface area contributed by atoms with Crippen LogP contribution in [-0.4, -0.2) is 52.2 Å². The lowest BCUT2D eigenvalue weighted by molar-refractivity contribution is -0.0485. The fraction of sp³-hybridized carbons (Fsp3) is 0.538. The van der Waals surface area contributed by atoms with Crippen molar-refractivity contribution >= 4 is 0 Å². The van der Waals surface area contributed by atoms with Gasteiger partial charge in [-0.05, 0) is 73.9 Å². The number of hydrogen-bond donors (Lipinski definition) is 0. The van der Waals surface area contributed by atoms with Crippen LogP contribution in [0.15, 0.2) is 48.5 Å². The number of benzene rings is 2. The maximum Gasteiger partial charge on any atom is 0.157 e. The zero-order valence-corrected chi connectivity index (χ0v) is 18.7. The zero-order valence-electron chi connectivity index (χ0n) is 18.7. The summed E-state index contributed by atoms with van der Waals surface area (Å²) >= 11 is 0. The lowest BCUT2D eigenvalue weighted by atomic mass is 10.1. The molecule has 0 aliphatic carbocycles. The van der Waals surface area contributed by atoms with E-state index < -0.39 is 0 Å². The number of ether oxygens (including phenoxy) is 6. The van der Waals surface area contributed by atoms with Crippen LogP contribution in [0.1, 0.15) is 38.5 Å². The lowest BCUT2D eigenvalue weighted by Crippen LogP contribution is -2.08. The predicted molar refractivity (Wildman–Crippen MR) is 122 cm³/mol. The van der Waals surface area contributed by atoms with Crippen molar-refractivity contribution in [2.45, 2.75) is 51.1 Å². The summed E-state index contributed by atoms with van der Waals surface area (Å²) in [7, 11) is 0. The topological polar surface area (TPSA) is 55.4 Å². The van der Waals surface area contributed by atoms with Crippen LogP contribution in [0, 0.1) is 0 Å². The second-order valence-electron chi connectivity index (χ2n) is 8.08. The normalized spacial score (nSPS) is 17.1. The number of hydrogen-bond acceptors (Lipinski definition) is 6. The molecule has 0 radical (unpaired) electrons. The van der Waals surface area contributed by atoms with E-state index in [2.05, 4.69) is 24.3 Å². The average molecular weight is 443 g/mol. The van der Waals surface area contributed by atoms with Gasteiger partial charge in [0.15, 0.2) is 12.6 Å². The molecule has 2 aliphatic rings. The molecule has 2 saturated heterocycles. The second-order valence-corrected chi connectivity index (χ2v) is 8.08. The Hall–Kier alpha value is -2.12. The van der Waals surface area contributed by atoms with Crippen LogP contribution >= 0.6 is 0 Å². The van der Waals surface area contributed by atoms with Gasteiger partial charge in [-0.25, -0.2) is 0 Å². The van der Waals surface area contributed by atoms with Crippen molar-refractivity contribution in [3.05, 3.63) is 48.5 Å². The third-order valence-corrected chi connectivity index (χ3v) is 5.63. The van der Waals surface area contributed by atoms with Gasteiger partial charge in [-0.1, -0.05) is 24.3 Å². The van der Waals surface area contributed by atoms with Crippen LogP contribution in [0.5, 0.6) is 11.5 Å². The first-order valence-corrected chi connectivity index (χ1v) is 11.8. The first-order valence-electron chi connectivity index (χ1n) is 11.8. The Morgan fingerprint density at radius 3 is 1.28 bits per heavy atom. The Balaban J connectivity index is 1.12. The van der Waals surface area contributed by atoms with Crippen molar-refractivity contribution in [1.82, 2.24) is 0 Å². The van der Waals surface area contributed by atoms with Gasteiger partial charge in [-0.15, -0.1) is 0 Å². The minimum atomic E-state index is -0.0159. The van der Waals surface area contributed by atoms with Crippen LogP contribution in [0.25, 0.3) is 11.1 Å². The minimum Gasteiger partial charge on any atom is -0.494 e. The molecule has 0 N–H and O–H groups in total. The summed E-state index contributed by atoms with van der Waals surface area (Å²) in [5, 5.41) is 0. The van der Waals surface area contributed by atoms with Crippen molar-refractivity contribution in [3.63, 3.8) is 0 Å². The largest absolute Gasteiger partial charge is 0.494 e. The Morgan fingerprint density at radius 2 is 0.906 bits per heavy atom. The van der Waals surface area contributed by atoms with Gasteiger partial charge in [0.2, 0.25) is 0 Å². The minimum absolute atomic E-state index is 0.0159. The van der Waals surface area contributed by atoms with E-state index in [1.54, 1.807) is 0 Å². The monoisotopic (exact) mass is 442 g/mol. The van der Waals surface area contributed by atoms with Crippen LogP contribution in [-0.2, 0) is 18.9 Å². The fourth-order valence-electron chi connectivity index (χ4n) is 3.84. The van der Waals surface area contributed by atoms with Gasteiger partial charge in [0.05, 0.1) is 39.6 Å². The summed E-state index contributed by atoms with van der Waals surface area (Å²) in [4.78, 5) is 0. The van der Waals surface area contributed by atoms with E-state index in [1.165, 1.54) is 0 Å². The van der Waals surface area contributed by atoms with Crippen LogP contribution < -0.4 is 9.47 Å². The van der Waals surface area contributed by atoms with Gasteiger partial charge in [0.1, 0.15) is 11.5 Å². The van der Waals surface area contributed by atoms with Crippen LogP contribution in [0.4, 0.5) is 0 Å².